The highest BCUT2D eigenvalue weighted by Crippen LogP contribution is 2.52. The molecule has 3 rings (SSSR count). The molecule has 130 valence electrons. The van der Waals surface area contributed by atoms with Crippen LogP contribution in [-0.4, -0.2) is 19.0 Å². The summed E-state index contributed by atoms with van der Waals surface area (Å²) < 4.78 is 17.5. The molecule has 0 saturated heterocycles. The maximum atomic E-state index is 12.9. The molecule has 5 heteroatoms. The highest BCUT2D eigenvalue weighted by atomic mass is 19.2. The fraction of sp³-hybridized carbons (Fsp3) is 0.300. The van der Waals surface area contributed by atoms with Gasteiger partial charge in [-0.15, -0.1) is 4.48 Å². The third kappa shape index (κ3) is 3.27. The van der Waals surface area contributed by atoms with Crippen LogP contribution in [0.5, 0.6) is 0 Å². The number of amides is 1. The Kier molecular flexibility index (Phi) is 4.83. The molecule has 2 aromatic carbocycles. The quantitative estimate of drug-likeness (QED) is 0.682. The Hall–Kier alpha value is -2.69. The molecule has 2 aromatic rings. The van der Waals surface area contributed by atoms with E-state index in [0.717, 1.165) is 23.1 Å². The van der Waals surface area contributed by atoms with Gasteiger partial charge in [0.2, 0.25) is 0 Å². The molecule has 1 saturated carbocycles. The Morgan fingerprint density at radius 1 is 1.00 bits per heavy atom. The molecular weight excluding hydrogens is 321 g/mol. The van der Waals surface area contributed by atoms with Crippen molar-refractivity contribution in [1.29, 1.82) is 0 Å². The second kappa shape index (κ2) is 7.05. The van der Waals surface area contributed by atoms with Gasteiger partial charge in [0.05, 0.1) is 18.6 Å². The summed E-state index contributed by atoms with van der Waals surface area (Å²) in [5.74, 6) is -1.55. The highest BCUT2D eigenvalue weighted by Gasteiger charge is 2.47. The minimum absolute atomic E-state index is 0.0124. The van der Waals surface area contributed by atoms with Gasteiger partial charge >= 0.3 is 5.97 Å². The zero-order valence-electron chi connectivity index (χ0n) is 14.2. The van der Waals surface area contributed by atoms with Crippen LogP contribution in [0.2, 0.25) is 0 Å². The van der Waals surface area contributed by atoms with E-state index in [1.165, 1.54) is 12.6 Å². The first-order valence-corrected chi connectivity index (χ1v) is 8.20. The van der Waals surface area contributed by atoms with Gasteiger partial charge in [-0.1, -0.05) is 42.0 Å². The summed E-state index contributed by atoms with van der Waals surface area (Å²) in [6, 6.07) is 14.9. The summed E-state index contributed by atoms with van der Waals surface area (Å²) in [7, 11) is 1.33. The number of nitrogens with one attached hydrogen (secondary N) is 1. The summed E-state index contributed by atoms with van der Waals surface area (Å²) >= 11 is 0. The Morgan fingerprint density at radius 2 is 1.52 bits per heavy atom. The van der Waals surface area contributed by atoms with Crippen molar-refractivity contribution in [3.63, 3.8) is 0 Å². The lowest BCUT2D eigenvalue weighted by Crippen LogP contribution is -2.42. The van der Waals surface area contributed by atoms with Gasteiger partial charge in [0, 0.05) is 0 Å². The number of aryl methyl sites for hydroxylation is 1. The maximum absolute atomic E-state index is 12.9. The maximum Gasteiger partial charge on any atom is 0.337 e. The molecule has 1 N–H and O–H groups in total. The van der Waals surface area contributed by atoms with Crippen LogP contribution in [0.3, 0.4) is 0 Å². The van der Waals surface area contributed by atoms with Crippen molar-refractivity contribution in [1.82, 2.24) is 5.54 Å². The van der Waals surface area contributed by atoms with Crippen molar-refractivity contribution >= 4 is 11.9 Å². The highest BCUT2D eigenvalue weighted by molar-refractivity contribution is 5.89. The van der Waals surface area contributed by atoms with Crippen molar-refractivity contribution < 1.29 is 18.8 Å². The van der Waals surface area contributed by atoms with Crippen LogP contribution in [0, 0.1) is 12.8 Å². The standard InChI is InChI=1S/C20H20FNO3/c1-12-3-5-13(6-4-12)16-11-17(18(16)19(23)22-21)14-7-9-15(10-8-14)20(24)25-2/h3-10,16-18H,11H2,1-2H3,(H,22,23). The molecule has 0 heterocycles. The molecule has 3 atom stereocenters. The van der Waals surface area contributed by atoms with Gasteiger partial charge in [-0.3, -0.25) is 4.79 Å². The zero-order chi connectivity index (χ0) is 18.0. The summed E-state index contributed by atoms with van der Waals surface area (Å²) in [5, 5.41) is 0. The number of rotatable bonds is 4. The fourth-order valence-electron chi connectivity index (χ4n) is 3.56. The van der Waals surface area contributed by atoms with Gasteiger partial charge in [-0.2, -0.15) is 5.54 Å². The topological polar surface area (TPSA) is 55.4 Å². The Labute approximate surface area is 145 Å². The minimum Gasteiger partial charge on any atom is -0.465 e. The number of carbonyl (C=O) groups is 2. The fourth-order valence-corrected chi connectivity index (χ4v) is 3.56. The van der Waals surface area contributed by atoms with Gasteiger partial charge in [0.25, 0.3) is 5.91 Å². The summed E-state index contributed by atoms with van der Waals surface area (Å²) in [4.78, 5) is 23.6. The third-order valence-corrected chi connectivity index (χ3v) is 5.04. The number of benzene rings is 2. The Bertz CT molecular complexity index is 771. The van der Waals surface area contributed by atoms with Crippen molar-refractivity contribution in [2.75, 3.05) is 7.11 Å². The normalized spacial score (nSPS) is 22.0. The molecular formula is C20H20FNO3. The first kappa shape index (κ1) is 17.1. The van der Waals surface area contributed by atoms with E-state index in [1.807, 2.05) is 31.2 Å². The van der Waals surface area contributed by atoms with E-state index in [2.05, 4.69) is 4.74 Å². The van der Waals surface area contributed by atoms with Gasteiger partial charge in [-0.25, -0.2) is 4.79 Å². The largest absolute Gasteiger partial charge is 0.465 e. The monoisotopic (exact) mass is 341 g/mol. The van der Waals surface area contributed by atoms with Gasteiger partial charge in [-0.05, 0) is 48.4 Å². The number of carbonyl (C=O) groups excluding carboxylic acids is 2. The molecule has 3 unspecified atom stereocenters. The van der Waals surface area contributed by atoms with E-state index in [4.69, 9.17) is 0 Å². The smallest absolute Gasteiger partial charge is 0.337 e. The predicted molar refractivity (Wildman–Crippen MR) is 91.8 cm³/mol. The molecule has 0 radical (unpaired) electrons. The molecule has 1 amide bonds. The first-order chi connectivity index (χ1) is 12.0. The lowest BCUT2D eigenvalue weighted by Gasteiger charge is -2.43. The molecule has 1 fully saturated rings. The number of hydrogen-bond donors (Lipinski definition) is 1. The van der Waals surface area contributed by atoms with Crippen molar-refractivity contribution in [2.45, 2.75) is 25.2 Å². The summed E-state index contributed by atoms with van der Waals surface area (Å²) in [5.41, 5.74) is 4.86. The van der Waals surface area contributed by atoms with E-state index in [9.17, 15) is 14.1 Å². The van der Waals surface area contributed by atoms with Gasteiger partial charge in [0.15, 0.2) is 0 Å². The Balaban J connectivity index is 1.83. The van der Waals surface area contributed by atoms with Crippen LogP contribution in [-0.2, 0) is 9.53 Å². The molecule has 1 aliphatic rings. The van der Waals surface area contributed by atoms with Crippen LogP contribution in [0.4, 0.5) is 4.48 Å². The number of ether oxygens (including phenoxy) is 1. The lowest BCUT2D eigenvalue weighted by molar-refractivity contribution is -0.134. The van der Waals surface area contributed by atoms with Crippen molar-refractivity contribution in [2.24, 2.45) is 5.92 Å². The van der Waals surface area contributed by atoms with Crippen LogP contribution in [0.1, 0.15) is 45.3 Å². The van der Waals surface area contributed by atoms with Crippen LogP contribution in [0.15, 0.2) is 48.5 Å². The number of methoxy groups -OCH3 is 1. The zero-order valence-corrected chi connectivity index (χ0v) is 14.2. The third-order valence-electron chi connectivity index (χ3n) is 5.04. The molecule has 25 heavy (non-hydrogen) atoms. The number of hydrogen-bond acceptors (Lipinski definition) is 3. The molecule has 1 aliphatic carbocycles. The second-order valence-electron chi connectivity index (χ2n) is 6.46. The van der Waals surface area contributed by atoms with E-state index < -0.39 is 17.8 Å². The average Bonchev–Trinajstić information content (AvgIpc) is 2.62. The van der Waals surface area contributed by atoms with Crippen LogP contribution < -0.4 is 5.54 Å². The van der Waals surface area contributed by atoms with E-state index >= 15 is 0 Å². The number of halogens is 1. The van der Waals surface area contributed by atoms with Gasteiger partial charge < -0.3 is 4.74 Å². The molecule has 0 spiro atoms. The van der Waals surface area contributed by atoms with E-state index in [-0.39, 0.29) is 11.8 Å². The lowest BCUT2D eigenvalue weighted by atomic mass is 9.59. The number of esters is 1. The van der Waals surface area contributed by atoms with E-state index in [0.29, 0.717) is 5.56 Å². The summed E-state index contributed by atoms with van der Waals surface area (Å²) in [6.45, 7) is 2.00. The SMILES string of the molecule is COC(=O)c1ccc(C2CC(c3ccc(C)cc3)C2C(=O)NF)cc1. The first-order valence-electron chi connectivity index (χ1n) is 8.20. The minimum atomic E-state index is -0.598. The molecule has 0 aliphatic heterocycles. The van der Waals surface area contributed by atoms with Gasteiger partial charge in [0.1, 0.15) is 0 Å². The van der Waals surface area contributed by atoms with Crippen LogP contribution in [0.25, 0.3) is 0 Å². The average molecular weight is 341 g/mol. The predicted octanol–water partition coefficient (Wildman–Crippen LogP) is 3.67. The molecule has 0 aromatic heterocycles. The second-order valence-corrected chi connectivity index (χ2v) is 6.46. The van der Waals surface area contributed by atoms with E-state index in [1.54, 1.807) is 24.3 Å². The van der Waals surface area contributed by atoms with Crippen molar-refractivity contribution in [3.8, 4) is 0 Å². The Morgan fingerprint density at radius 3 is 2.00 bits per heavy atom. The summed E-state index contributed by atoms with van der Waals surface area (Å²) in [6.07, 6.45) is 0.763. The molecule has 0 bridgehead atoms. The van der Waals surface area contributed by atoms with Crippen LogP contribution >= 0.6 is 0 Å². The molecule has 4 nitrogen and oxygen atoms in total. The van der Waals surface area contributed by atoms with Crippen molar-refractivity contribution in [3.05, 3.63) is 70.8 Å².